The number of rotatable bonds is 7. The maximum Gasteiger partial charge on any atom is 0.238 e. The van der Waals surface area contributed by atoms with Gasteiger partial charge in [-0.2, -0.15) is 0 Å². The summed E-state index contributed by atoms with van der Waals surface area (Å²) in [5, 5.41) is 1.87. The molecule has 0 aromatic heterocycles. The summed E-state index contributed by atoms with van der Waals surface area (Å²) in [7, 11) is 0. The number of aryl methyl sites for hydroxylation is 1. The molecule has 4 rings (SSSR count). The second kappa shape index (κ2) is 9.42. The molecule has 3 nitrogen and oxygen atoms in total. The third-order valence-corrected chi connectivity index (χ3v) is 5.72. The van der Waals surface area contributed by atoms with E-state index >= 15 is 0 Å². The molecule has 29 heavy (non-hydrogen) atoms. The van der Waals surface area contributed by atoms with Crippen molar-refractivity contribution in [2.75, 3.05) is 5.01 Å². The van der Waals surface area contributed by atoms with Crippen LogP contribution >= 0.6 is 0 Å². The third-order valence-electron chi connectivity index (χ3n) is 5.72. The summed E-state index contributed by atoms with van der Waals surface area (Å²) in [6, 6.07) is 28.7. The average molecular weight is 385 g/mol. The van der Waals surface area contributed by atoms with Crippen LogP contribution in [0.1, 0.15) is 49.1 Å². The van der Waals surface area contributed by atoms with Gasteiger partial charge in [0.05, 0.1) is 11.4 Å². The molecule has 3 aromatic rings. The Morgan fingerprint density at radius 2 is 1.48 bits per heavy atom. The second-order valence-corrected chi connectivity index (χ2v) is 7.72. The lowest BCUT2D eigenvalue weighted by Crippen LogP contribution is -2.38. The van der Waals surface area contributed by atoms with Crippen molar-refractivity contribution in [3.05, 3.63) is 96.1 Å². The summed E-state index contributed by atoms with van der Waals surface area (Å²) < 4.78 is 0. The Hall–Kier alpha value is -3.07. The molecule has 1 N–H and O–H groups in total. The van der Waals surface area contributed by atoms with Crippen LogP contribution in [0, 0.1) is 0 Å². The highest BCUT2D eigenvalue weighted by molar-refractivity contribution is 5.80. The lowest BCUT2D eigenvalue weighted by molar-refractivity contribution is -0.121. The van der Waals surface area contributed by atoms with E-state index in [1.165, 1.54) is 30.4 Å². The monoisotopic (exact) mass is 384 g/mol. The quantitative estimate of drug-likeness (QED) is 0.496. The normalized spacial score (nSPS) is 15.4. The van der Waals surface area contributed by atoms with E-state index in [0.29, 0.717) is 12.3 Å². The fourth-order valence-electron chi connectivity index (χ4n) is 4.28. The van der Waals surface area contributed by atoms with Gasteiger partial charge >= 0.3 is 0 Å². The molecule has 3 aromatic carbocycles. The standard InChI is InChI=1S/C26H28N2O/c29-26(20-10-14-22-13-9-12-21-11-7-8-19-25(21)22)27-28(23-15-3-1-4-16-23)24-17-5-2-6-18-24/h1-8,11,15-19,22H,9-10,12-14,20H2,(H,27,29). The molecule has 1 aliphatic carbocycles. The van der Waals surface area contributed by atoms with Crippen LogP contribution in [-0.2, 0) is 11.2 Å². The van der Waals surface area contributed by atoms with Gasteiger partial charge in [0.25, 0.3) is 0 Å². The number of hydrazine groups is 1. The summed E-state index contributed by atoms with van der Waals surface area (Å²) in [5.41, 5.74) is 7.99. The zero-order chi connectivity index (χ0) is 19.9. The molecule has 1 unspecified atom stereocenters. The molecule has 0 heterocycles. The lowest BCUT2D eigenvalue weighted by atomic mass is 9.80. The van der Waals surface area contributed by atoms with Crippen molar-refractivity contribution in [3.63, 3.8) is 0 Å². The minimum atomic E-state index is 0.0572. The fourth-order valence-corrected chi connectivity index (χ4v) is 4.28. The number of para-hydroxylation sites is 2. The highest BCUT2D eigenvalue weighted by atomic mass is 16.2. The maximum absolute atomic E-state index is 12.7. The van der Waals surface area contributed by atoms with Crippen molar-refractivity contribution in [1.82, 2.24) is 5.43 Å². The summed E-state index contributed by atoms with van der Waals surface area (Å²) in [4.78, 5) is 12.7. The van der Waals surface area contributed by atoms with Crippen molar-refractivity contribution >= 4 is 17.3 Å². The van der Waals surface area contributed by atoms with Crippen LogP contribution in [-0.4, -0.2) is 5.91 Å². The number of hydrogen-bond acceptors (Lipinski definition) is 2. The average Bonchev–Trinajstić information content (AvgIpc) is 2.79. The minimum Gasteiger partial charge on any atom is -0.273 e. The van der Waals surface area contributed by atoms with Gasteiger partial charge in [0.1, 0.15) is 0 Å². The van der Waals surface area contributed by atoms with Crippen LogP contribution in [0.15, 0.2) is 84.9 Å². The third kappa shape index (κ3) is 4.86. The first-order chi connectivity index (χ1) is 14.3. The molecule has 1 amide bonds. The van der Waals surface area contributed by atoms with Crippen LogP contribution in [0.25, 0.3) is 0 Å². The minimum absolute atomic E-state index is 0.0572. The number of amides is 1. The Labute approximate surface area is 173 Å². The van der Waals surface area contributed by atoms with Gasteiger partial charge in [0, 0.05) is 6.42 Å². The largest absolute Gasteiger partial charge is 0.273 e. The first kappa shape index (κ1) is 19.3. The van der Waals surface area contributed by atoms with Crippen LogP contribution in [0.4, 0.5) is 11.4 Å². The van der Waals surface area contributed by atoms with Gasteiger partial charge in [-0.15, -0.1) is 0 Å². The zero-order valence-corrected chi connectivity index (χ0v) is 16.8. The first-order valence-electron chi connectivity index (χ1n) is 10.6. The molecule has 0 aliphatic heterocycles. The van der Waals surface area contributed by atoms with Crippen LogP contribution in [0.2, 0.25) is 0 Å². The molecular formula is C26H28N2O. The lowest BCUT2D eigenvalue weighted by Gasteiger charge is -2.27. The molecule has 0 saturated heterocycles. The Bertz CT molecular complexity index is 884. The first-order valence-corrected chi connectivity index (χ1v) is 10.6. The van der Waals surface area contributed by atoms with Gasteiger partial charge in [0.2, 0.25) is 5.91 Å². The van der Waals surface area contributed by atoms with Crippen molar-refractivity contribution in [3.8, 4) is 0 Å². The molecule has 1 atom stereocenters. The van der Waals surface area contributed by atoms with Crippen molar-refractivity contribution < 1.29 is 4.79 Å². The number of nitrogens with one attached hydrogen (secondary N) is 1. The van der Waals surface area contributed by atoms with Gasteiger partial charge in [-0.25, -0.2) is 0 Å². The Balaban J connectivity index is 1.37. The van der Waals surface area contributed by atoms with Crippen molar-refractivity contribution in [2.24, 2.45) is 0 Å². The van der Waals surface area contributed by atoms with Gasteiger partial charge < -0.3 is 0 Å². The molecular weight excluding hydrogens is 356 g/mol. The van der Waals surface area contributed by atoms with Crippen LogP contribution in [0.3, 0.4) is 0 Å². The molecule has 1 aliphatic rings. The molecule has 0 spiro atoms. The van der Waals surface area contributed by atoms with E-state index in [4.69, 9.17) is 0 Å². The maximum atomic E-state index is 12.7. The number of fused-ring (bicyclic) bond motifs is 1. The van der Waals surface area contributed by atoms with Crippen molar-refractivity contribution in [1.29, 1.82) is 0 Å². The highest BCUT2D eigenvalue weighted by Gasteiger charge is 2.20. The Kier molecular flexibility index (Phi) is 6.25. The van der Waals surface area contributed by atoms with E-state index in [1.807, 2.05) is 65.7 Å². The number of anilines is 2. The Morgan fingerprint density at radius 3 is 2.17 bits per heavy atom. The summed E-state index contributed by atoms with van der Waals surface area (Å²) in [5.74, 6) is 0.647. The van der Waals surface area contributed by atoms with Gasteiger partial charge in [-0.3, -0.25) is 15.2 Å². The van der Waals surface area contributed by atoms with Crippen LogP contribution < -0.4 is 10.4 Å². The topological polar surface area (TPSA) is 32.3 Å². The zero-order valence-electron chi connectivity index (χ0n) is 16.8. The van der Waals surface area contributed by atoms with Gasteiger partial charge in [-0.1, -0.05) is 60.7 Å². The van der Waals surface area contributed by atoms with E-state index in [1.54, 1.807) is 0 Å². The van der Waals surface area contributed by atoms with E-state index in [-0.39, 0.29) is 5.91 Å². The predicted molar refractivity (Wildman–Crippen MR) is 119 cm³/mol. The van der Waals surface area contributed by atoms with Gasteiger partial charge in [-0.05, 0) is 73.4 Å². The number of carbonyl (C=O) groups is 1. The number of nitrogens with zero attached hydrogens (tertiary/aromatic N) is 1. The van der Waals surface area contributed by atoms with E-state index in [2.05, 4.69) is 29.7 Å². The van der Waals surface area contributed by atoms with Gasteiger partial charge in [0.15, 0.2) is 0 Å². The molecule has 0 saturated carbocycles. The molecule has 0 radical (unpaired) electrons. The number of carbonyl (C=O) groups excluding carboxylic acids is 1. The van der Waals surface area contributed by atoms with E-state index < -0.39 is 0 Å². The number of hydrogen-bond donors (Lipinski definition) is 1. The second-order valence-electron chi connectivity index (χ2n) is 7.72. The fraction of sp³-hybridized carbons (Fsp3) is 0.269. The molecule has 0 bridgehead atoms. The smallest absolute Gasteiger partial charge is 0.238 e. The molecule has 148 valence electrons. The summed E-state index contributed by atoms with van der Waals surface area (Å²) >= 11 is 0. The highest BCUT2D eigenvalue weighted by Crippen LogP contribution is 2.34. The Morgan fingerprint density at radius 1 is 0.862 bits per heavy atom. The van der Waals surface area contributed by atoms with Crippen molar-refractivity contribution in [2.45, 2.75) is 44.4 Å². The predicted octanol–water partition coefficient (Wildman–Crippen LogP) is 6.15. The molecule has 0 fully saturated rings. The van der Waals surface area contributed by atoms with E-state index in [9.17, 15) is 4.79 Å². The number of benzene rings is 3. The summed E-state index contributed by atoms with van der Waals surface area (Å²) in [6.45, 7) is 0. The van der Waals surface area contributed by atoms with E-state index in [0.717, 1.165) is 24.2 Å². The SMILES string of the molecule is O=C(CCCC1CCCc2ccccc21)NN(c1ccccc1)c1ccccc1. The van der Waals surface area contributed by atoms with Crippen LogP contribution in [0.5, 0.6) is 0 Å². The molecule has 3 heteroatoms. The summed E-state index contributed by atoms with van der Waals surface area (Å²) in [6.07, 6.45) is 6.19.